The van der Waals surface area contributed by atoms with Crippen molar-refractivity contribution in [2.75, 3.05) is 5.32 Å². The third-order valence-electron chi connectivity index (χ3n) is 1.92. The van der Waals surface area contributed by atoms with Crippen LogP contribution in [-0.2, 0) is 0 Å². The highest BCUT2D eigenvalue weighted by molar-refractivity contribution is 5.59. The molecule has 0 aliphatic carbocycles. The first kappa shape index (κ1) is 11.2. The SMILES string of the molecule is C=CCC(C)Nc1ccncc1[N+](=O)[O-]. The number of nitro groups is 1. The van der Waals surface area contributed by atoms with Gasteiger partial charge in [-0.15, -0.1) is 6.58 Å². The topological polar surface area (TPSA) is 68.1 Å². The summed E-state index contributed by atoms with van der Waals surface area (Å²) in [5, 5.41) is 13.7. The van der Waals surface area contributed by atoms with Crippen molar-refractivity contribution in [3.05, 3.63) is 41.2 Å². The second kappa shape index (κ2) is 5.09. The maximum Gasteiger partial charge on any atom is 0.310 e. The number of nitrogens with zero attached hydrogens (tertiary/aromatic N) is 2. The third kappa shape index (κ3) is 3.05. The Morgan fingerprint density at radius 3 is 3.13 bits per heavy atom. The van der Waals surface area contributed by atoms with E-state index in [9.17, 15) is 10.1 Å². The fourth-order valence-electron chi connectivity index (χ4n) is 1.23. The maximum atomic E-state index is 10.7. The Balaban J connectivity index is 2.84. The highest BCUT2D eigenvalue weighted by Gasteiger charge is 2.14. The van der Waals surface area contributed by atoms with Gasteiger partial charge in [0.25, 0.3) is 0 Å². The van der Waals surface area contributed by atoms with E-state index in [1.807, 2.05) is 6.92 Å². The van der Waals surface area contributed by atoms with E-state index in [1.54, 1.807) is 12.1 Å². The summed E-state index contributed by atoms with van der Waals surface area (Å²) < 4.78 is 0. The molecule has 0 aliphatic rings. The van der Waals surface area contributed by atoms with Gasteiger partial charge in [0, 0.05) is 12.2 Å². The summed E-state index contributed by atoms with van der Waals surface area (Å²) in [5.74, 6) is 0. The van der Waals surface area contributed by atoms with Crippen LogP contribution in [0.1, 0.15) is 13.3 Å². The van der Waals surface area contributed by atoms with Crippen LogP contribution < -0.4 is 5.32 Å². The molecule has 1 aromatic heterocycles. The Bertz CT molecular complexity index is 365. The molecule has 0 bridgehead atoms. The first-order valence-electron chi connectivity index (χ1n) is 4.61. The average Bonchev–Trinajstić information content (AvgIpc) is 2.18. The fraction of sp³-hybridized carbons (Fsp3) is 0.300. The van der Waals surface area contributed by atoms with E-state index < -0.39 is 4.92 Å². The van der Waals surface area contributed by atoms with Gasteiger partial charge in [-0.05, 0) is 19.4 Å². The molecule has 1 N–H and O–H groups in total. The van der Waals surface area contributed by atoms with Crippen LogP contribution in [0.15, 0.2) is 31.1 Å². The maximum absolute atomic E-state index is 10.7. The molecule has 0 saturated carbocycles. The number of pyridine rings is 1. The van der Waals surface area contributed by atoms with Crippen molar-refractivity contribution >= 4 is 11.4 Å². The van der Waals surface area contributed by atoms with Gasteiger partial charge in [-0.25, -0.2) is 0 Å². The lowest BCUT2D eigenvalue weighted by Gasteiger charge is -2.12. The number of anilines is 1. The highest BCUT2D eigenvalue weighted by atomic mass is 16.6. The van der Waals surface area contributed by atoms with Crippen LogP contribution in [0.5, 0.6) is 0 Å². The van der Waals surface area contributed by atoms with Crippen LogP contribution >= 0.6 is 0 Å². The number of nitrogens with one attached hydrogen (secondary N) is 1. The molecule has 0 spiro atoms. The standard InChI is InChI=1S/C10H13N3O2/c1-3-4-8(2)12-9-5-6-11-7-10(9)13(14)15/h3,5-8H,1,4H2,2H3,(H,11,12). The van der Waals surface area contributed by atoms with Crippen molar-refractivity contribution in [2.45, 2.75) is 19.4 Å². The summed E-state index contributed by atoms with van der Waals surface area (Å²) in [4.78, 5) is 13.9. The molecule has 0 saturated heterocycles. The van der Waals surface area contributed by atoms with Crippen LogP contribution in [0.3, 0.4) is 0 Å². The predicted octanol–water partition coefficient (Wildman–Crippen LogP) is 2.37. The summed E-state index contributed by atoms with van der Waals surface area (Å²) in [6.07, 6.45) is 5.28. The van der Waals surface area contributed by atoms with E-state index in [1.165, 1.54) is 12.4 Å². The monoisotopic (exact) mass is 207 g/mol. The van der Waals surface area contributed by atoms with E-state index in [0.717, 1.165) is 6.42 Å². The van der Waals surface area contributed by atoms with Crippen LogP contribution in [0.2, 0.25) is 0 Å². The first-order valence-corrected chi connectivity index (χ1v) is 4.61. The lowest BCUT2D eigenvalue weighted by molar-refractivity contribution is -0.384. The molecule has 0 aliphatic heterocycles. The van der Waals surface area contributed by atoms with Crippen molar-refractivity contribution in [3.63, 3.8) is 0 Å². The molecule has 1 heterocycles. The third-order valence-corrected chi connectivity index (χ3v) is 1.92. The molecule has 15 heavy (non-hydrogen) atoms. The van der Waals surface area contributed by atoms with Gasteiger partial charge in [-0.1, -0.05) is 6.08 Å². The summed E-state index contributed by atoms with van der Waals surface area (Å²) in [5.41, 5.74) is 0.484. The number of aromatic nitrogens is 1. The second-order valence-electron chi connectivity index (χ2n) is 3.22. The van der Waals surface area contributed by atoms with E-state index in [0.29, 0.717) is 5.69 Å². The Morgan fingerprint density at radius 2 is 2.53 bits per heavy atom. The van der Waals surface area contributed by atoms with Crippen molar-refractivity contribution in [3.8, 4) is 0 Å². The molecule has 0 amide bonds. The molecular weight excluding hydrogens is 194 g/mol. The van der Waals surface area contributed by atoms with Crippen LogP contribution in [-0.4, -0.2) is 15.9 Å². The molecule has 0 fully saturated rings. The summed E-state index contributed by atoms with van der Waals surface area (Å²) >= 11 is 0. The van der Waals surface area contributed by atoms with Crippen LogP contribution in [0, 0.1) is 10.1 Å². The predicted molar refractivity (Wildman–Crippen MR) is 58.8 cm³/mol. The van der Waals surface area contributed by atoms with E-state index in [-0.39, 0.29) is 11.7 Å². The number of hydrogen-bond donors (Lipinski definition) is 1. The smallest absolute Gasteiger partial charge is 0.310 e. The largest absolute Gasteiger partial charge is 0.377 e. The minimum absolute atomic E-state index is 0.00610. The van der Waals surface area contributed by atoms with E-state index >= 15 is 0 Å². The van der Waals surface area contributed by atoms with Crippen molar-refractivity contribution < 1.29 is 4.92 Å². The van der Waals surface area contributed by atoms with Crippen molar-refractivity contribution in [1.82, 2.24) is 4.98 Å². The molecule has 5 nitrogen and oxygen atoms in total. The summed E-state index contributed by atoms with van der Waals surface area (Å²) in [7, 11) is 0. The van der Waals surface area contributed by atoms with Crippen LogP contribution in [0.4, 0.5) is 11.4 Å². The fourth-order valence-corrected chi connectivity index (χ4v) is 1.23. The molecule has 1 rings (SSSR count). The van der Waals surface area contributed by atoms with Gasteiger partial charge in [0.1, 0.15) is 11.9 Å². The lowest BCUT2D eigenvalue weighted by Crippen LogP contribution is -2.14. The van der Waals surface area contributed by atoms with Gasteiger partial charge in [0.2, 0.25) is 0 Å². The van der Waals surface area contributed by atoms with E-state index in [4.69, 9.17) is 0 Å². The minimum atomic E-state index is -0.448. The molecule has 0 aromatic carbocycles. The number of rotatable bonds is 5. The summed E-state index contributed by atoms with van der Waals surface area (Å²) in [6, 6.07) is 1.71. The molecule has 5 heteroatoms. The molecular formula is C10H13N3O2. The van der Waals surface area contributed by atoms with Crippen molar-refractivity contribution in [1.29, 1.82) is 0 Å². The number of hydrogen-bond acceptors (Lipinski definition) is 4. The zero-order valence-corrected chi connectivity index (χ0v) is 8.51. The summed E-state index contributed by atoms with van der Waals surface area (Å²) in [6.45, 7) is 5.55. The lowest BCUT2D eigenvalue weighted by atomic mass is 10.2. The minimum Gasteiger partial charge on any atom is -0.377 e. The average molecular weight is 207 g/mol. The van der Waals surface area contributed by atoms with Crippen LogP contribution in [0.25, 0.3) is 0 Å². The first-order chi connectivity index (χ1) is 7.15. The van der Waals surface area contributed by atoms with Gasteiger partial charge < -0.3 is 5.32 Å². The molecule has 1 atom stereocenters. The second-order valence-corrected chi connectivity index (χ2v) is 3.22. The normalized spacial score (nSPS) is 11.8. The van der Waals surface area contributed by atoms with Crippen molar-refractivity contribution in [2.24, 2.45) is 0 Å². The highest BCUT2D eigenvalue weighted by Crippen LogP contribution is 2.22. The molecule has 1 unspecified atom stereocenters. The zero-order chi connectivity index (χ0) is 11.3. The van der Waals surface area contributed by atoms with E-state index in [2.05, 4.69) is 16.9 Å². The quantitative estimate of drug-likeness (QED) is 0.457. The van der Waals surface area contributed by atoms with Gasteiger partial charge in [-0.3, -0.25) is 15.1 Å². The molecule has 0 radical (unpaired) electrons. The van der Waals surface area contributed by atoms with Gasteiger partial charge in [0.05, 0.1) is 4.92 Å². The Labute approximate surface area is 88.0 Å². The molecule has 80 valence electrons. The Hall–Kier alpha value is -1.91. The Morgan fingerprint density at radius 1 is 1.80 bits per heavy atom. The van der Waals surface area contributed by atoms with Gasteiger partial charge in [-0.2, -0.15) is 0 Å². The molecule has 1 aromatic rings. The zero-order valence-electron chi connectivity index (χ0n) is 8.51. The van der Waals surface area contributed by atoms with Gasteiger partial charge in [0.15, 0.2) is 0 Å². The van der Waals surface area contributed by atoms with Gasteiger partial charge >= 0.3 is 5.69 Å². The Kier molecular flexibility index (Phi) is 3.79.